The van der Waals surface area contributed by atoms with Crippen LogP contribution < -0.4 is 10.6 Å². The molecule has 0 aliphatic heterocycles. The van der Waals surface area contributed by atoms with E-state index in [-0.39, 0.29) is 16.0 Å². The molecule has 0 fully saturated rings. The van der Waals surface area contributed by atoms with Crippen LogP contribution in [0.3, 0.4) is 0 Å². The van der Waals surface area contributed by atoms with E-state index >= 15 is 0 Å². The fraction of sp³-hybridized carbons (Fsp3) is 0.286. The number of hydrogen-bond donors (Lipinski definition) is 2. The van der Waals surface area contributed by atoms with Crippen molar-refractivity contribution in [2.24, 2.45) is 0 Å². The van der Waals surface area contributed by atoms with Gasteiger partial charge in [-0.2, -0.15) is 0 Å². The summed E-state index contributed by atoms with van der Waals surface area (Å²) in [6.45, 7) is 3.99. The summed E-state index contributed by atoms with van der Waals surface area (Å²) in [6, 6.07) is 4.11. The predicted octanol–water partition coefficient (Wildman–Crippen LogP) is 4.83. The van der Waals surface area contributed by atoms with Crippen molar-refractivity contribution in [3.05, 3.63) is 39.9 Å². The molecule has 1 aromatic carbocycles. The van der Waals surface area contributed by atoms with Crippen LogP contribution in [-0.4, -0.2) is 17.0 Å². The fourth-order valence-corrected chi connectivity index (χ4v) is 2.26. The minimum Gasteiger partial charge on any atom is -0.373 e. The molecule has 0 aliphatic carbocycles. The molecule has 0 atom stereocenters. The first-order valence-electron chi connectivity index (χ1n) is 6.39. The molecular formula is C14H15Cl2FN4. The van der Waals surface area contributed by atoms with Crippen LogP contribution in [0, 0.1) is 5.82 Å². The largest absolute Gasteiger partial charge is 0.373 e. The highest BCUT2D eigenvalue weighted by Crippen LogP contribution is 2.33. The molecule has 4 nitrogen and oxygen atoms in total. The maximum absolute atomic E-state index is 13.2. The second-order valence-corrected chi connectivity index (χ2v) is 5.59. The van der Waals surface area contributed by atoms with E-state index in [4.69, 9.17) is 23.2 Å². The number of halogens is 3. The van der Waals surface area contributed by atoms with Crippen LogP contribution in [0.15, 0.2) is 18.2 Å². The lowest BCUT2D eigenvalue weighted by Crippen LogP contribution is -2.05. The number of rotatable bonds is 4. The van der Waals surface area contributed by atoms with Gasteiger partial charge in [-0.1, -0.05) is 37.0 Å². The minimum atomic E-state index is -0.489. The first kappa shape index (κ1) is 15.8. The Bertz CT molecular complexity index is 638. The Morgan fingerprint density at radius 3 is 2.14 bits per heavy atom. The van der Waals surface area contributed by atoms with Crippen LogP contribution in [0.2, 0.25) is 10.0 Å². The monoisotopic (exact) mass is 328 g/mol. The number of aromatic nitrogens is 2. The summed E-state index contributed by atoms with van der Waals surface area (Å²) >= 11 is 12.0. The third-order valence-corrected chi connectivity index (χ3v) is 3.37. The first-order valence-corrected chi connectivity index (χ1v) is 7.14. The van der Waals surface area contributed by atoms with Gasteiger partial charge in [0.25, 0.3) is 0 Å². The Balaban J connectivity index is 2.42. The van der Waals surface area contributed by atoms with Gasteiger partial charge in [-0.3, -0.25) is 0 Å². The van der Waals surface area contributed by atoms with Gasteiger partial charge in [0, 0.05) is 19.0 Å². The van der Waals surface area contributed by atoms with E-state index in [1.54, 1.807) is 13.1 Å². The van der Waals surface area contributed by atoms with Crippen molar-refractivity contribution in [2.75, 3.05) is 17.7 Å². The highest BCUT2D eigenvalue weighted by molar-refractivity contribution is 6.39. The normalized spacial score (nSPS) is 10.8. The van der Waals surface area contributed by atoms with Crippen molar-refractivity contribution in [2.45, 2.75) is 19.8 Å². The van der Waals surface area contributed by atoms with E-state index in [0.717, 1.165) is 0 Å². The van der Waals surface area contributed by atoms with Crippen molar-refractivity contribution >= 4 is 40.5 Å². The molecule has 0 radical (unpaired) electrons. The van der Waals surface area contributed by atoms with Crippen LogP contribution in [0.1, 0.15) is 25.6 Å². The smallest absolute Gasteiger partial charge is 0.136 e. The molecule has 0 unspecified atom stereocenters. The Kier molecular flexibility index (Phi) is 4.85. The molecule has 112 valence electrons. The van der Waals surface area contributed by atoms with E-state index in [9.17, 15) is 4.39 Å². The summed E-state index contributed by atoms with van der Waals surface area (Å²) < 4.78 is 13.2. The molecule has 1 heterocycles. The van der Waals surface area contributed by atoms with Gasteiger partial charge in [-0.15, -0.1) is 0 Å². The number of nitrogens with zero attached hydrogens (tertiary/aromatic N) is 2. The highest BCUT2D eigenvalue weighted by Gasteiger charge is 2.12. The molecule has 0 saturated heterocycles. The van der Waals surface area contributed by atoms with Gasteiger partial charge in [0.15, 0.2) is 0 Å². The first-order chi connectivity index (χ1) is 9.90. The zero-order valence-electron chi connectivity index (χ0n) is 11.8. The maximum Gasteiger partial charge on any atom is 0.136 e. The molecule has 0 bridgehead atoms. The molecule has 7 heteroatoms. The summed E-state index contributed by atoms with van der Waals surface area (Å²) in [6.07, 6.45) is 0. The summed E-state index contributed by atoms with van der Waals surface area (Å²) in [7, 11) is 1.77. The third kappa shape index (κ3) is 3.74. The number of anilines is 3. The summed E-state index contributed by atoms with van der Waals surface area (Å²) in [5.41, 5.74) is 0.412. The number of nitrogens with one attached hydrogen (secondary N) is 2. The van der Waals surface area contributed by atoms with E-state index in [1.807, 2.05) is 13.8 Å². The second-order valence-electron chi connectivity index (χ2n) is 4.77. The molecule has 2 N–H and O–H groups in total. The fourth-order valence-electron chi connectivity index (χ4n) is 1.71. The minimum absolute atomic E-state index is 0.165. The Morgan fingerprint density at radius 2 is 1.62 bits per heavy atom. The molecule has 21 heavy (non-hydrogen) atoms. The Morgan fingerprint density at radius 1 is 1.05 bits per heavy atom. The predicted molar refractivity (Wildman–Crippen MR) is 85.4 cm³/mol. The van der Waals surface area contributed by atoms with Crippen LogP contribution >= 0.6 is 23.2 Å². The Hall–Kier alpha value is -1.59. The lowest BCUT2D eigenvalue weighted by atomic mass is 10.2. The molecule has 0 spiro atoms. The van der Waals surface area contributed by atoms with Gasteiger partial charge < -0.3 is 10.6 Å². The third-order valence-electron chi connectivity index (χ3n) is 2.78. The zero-order chi connectivity index (χ0) is 15.6. The molecule has 0 aliphatic rings. The second kappa shape index (κ2) is 6.45. The number of hydrogen-bond acceptors (Lipinski definition) is 4. The van der Waals surface area contributed by atoms with E-state index in [0.29, 0.717) is 23.1 Å². The lowest BCUT2D eigenvalue weighted by molar-refractivity contribution is 0.628. The van der Waals surface area contributed by atoms with Gasteiger partial charge in [0.1, 0.15) is 23.3 Å². The van der Waals surface area contributed by atoms with Crippen molar-refractivity contribution in [1.29, 1.82) is 0 Å². The summed E-state index contributed by atoms with van der Waals surface area (Å²) in [5, 5.41) is 6.37. The van der Waals surface area contributed by atoms with Crippen LogP contribution in [-0.2, 0) is 0 Å². The summed E-state index contributed by atoms with van der Waals surface area (Å²) in [5.74, 6) is 1.56. The van der Waals surface area contributed by atoms with Gasteiger partial charge in [-0.25, -0.2) is 14.4 Å². The number of benzene rings is 1. The van der Waals surface area contributed by atoms with E-state index in [2.05, 4.69) is 20.6 Å². The van der Waals surface area contributed by atoms with Crippen molar-refractivity contribution in [3.63, 3.8) is 0 Å². The summed E-state index contributed by atoms with van der Waals surface area (Å²) in [4.78, 5) is 8.77. The molecule has 0 saturated carbocycles. The SMILES string of the molecule is CNc1cc(Nc2c(Cl)cc(F)cc2Cl)nc(C(C)C)n1. The molecule has 1 aromatic heterocycles. The Labute approximate surface area is 132 Å². The average Bonchev–Trinajstić information content (AvgIpc) is 2.42. The van der Waals surface area contributed by atoms with Crippen LogP contribution in [0.25, 0.3) is 0 Å². The molecule has 2 rings (SSSR count). The van der Waals surface area contributed by atoms with Crippen LogP contribution in [0.5, 0.6) is 0 Å². The zero-order valence-corrected chi connectivity index (χ0v) is 13.3. The van der Waals surface area contributed by atoms with E-state index in [1.165, 1.54) is 12.1 Å². The van der Waals surface area contributed by atoms with Gasteiger partial charge in [-0.05, 0) is 12.1 Å². The standard InChI is InChI=1S/C14H15Cl2FN4/c1-7(2)14-20-11(18-3)6-12(21-14)19-13-9(15)4-8(17)5-10(13)16/h4-7H,1-3H3,(H2,18,19,20,21). The van der Waals surface area contributed by atoms with Gasteiger partial charge >= 0.3 is 0 Å². The average molecular weight is 329 g/mol. The van der Waals surface area contributed by atoms with E-state index < -0.39 is 5.82 Å². The topological polar surface area (TPSA) is 49.8 Å². The quantitative estimate of drug-likeness (QED) is 0.843. The van der Waals surface area contributed by atoms with Crippen LogP contribution in [0.4, 0.5) is 21.7 Å². The maximum atomic E-state index is 13.2. The van der Waals surface area contributed by atoms with Gasteiger partial charge in [0.2, 0.25) is 0 Å². The van der Waals surface area contributed by atoms with Crippen molar-refractivity contribution < 1.29 is 4.39 Å². The lowest BCUT2D eigenvalue weighted by Gasteiger charge is -2.13. The molecule has 0 amide bonds. The molecular weight excluding hydrogens is 314 g/mol. The molecule has 2 aromatic rings. The van der Waals surface area contributed by atoms with Crippen molar-refractivity contribution in [3.8, 4) is 0 Å². The van der Waals surface area contributed by atoms with Gasteiger partial charge in [0.05, 0.1) is 15.7 Å². The van der Waals surface area contributed by atoms with Crippen molar-refractivity contribution in [1.82, 2.24) is 9.97 Å². The highest BCUT2D eigenvalue weighted by atomic mass is 35.5.